The minimum absolute atomic E-state index is 0.558. The lowest BCUT2D eigenvalue weighted by atomic mass is 10.1. The lowest BCUT2D eigenvalue weighted by Crippen LogP contribution is -1.99. The van der Waals surface area contributed by atoms with Crippen LogP contribution in [0.15, 0.2) is 79.3 Å². The van der Waals surface area contributed by atoms with Gasteiger partial charge >= 0.3 is 0 Å². The van der Waals surface area contributed by atoms with Crippen LogP contribution in [0.3, 0.4) is 0 Å². The molecule has 7 heteroatoms. The van der Waals surface area contributed by atoms with E-state index in [1.807, 2.05) is 53.3 Å². The van der Waals surface area contributed by atoms with Crippen molar-refractivity contribution >= 4 is 34.3 Å². The fourth-order valence-electron chi connectivity index (χ4n) is 3.27. The Morgan fingerprint density at radius 1 is 0.931 bits per heavy atom. The van der Waals surface area contributed by atoms with Crippen molar-refractivity contribution in [3.63, 3.8) is 0 Å². The van der Waals surface area contributed by atoms with Crippen molar-refractivity contribution in [3.05, 3.63) is 88.6 Å². The van der Waals surface area contributed by atoms with Crippen LogP contribution in [-0.4, -0.2) is 19.6 Å². The van der Waals surface area contributed by atoms with Crippen molar-refractivity contribution in [1.29, 1.82) is 0 Å². The van der Waals surface area contributed by atoms with Crippen LogP contribution in [0, 0.1) is 0 Å². The van der Waals surface area contributed by atoms with Gasteiger partial charge in [-0.25, -0.2) is 14.5 Å². The Hall–Kier alpha value is -3.22. The first-order chi connectivity index (χ1) is 14.3. The predicted octanol–water partition coefficient (Wildman–Crippen LogP) is 5.79. The number of fused-ring (bicyclic) bond motifs is 1. The maximum absolute atomic E-state index is 5.91. The van der Waals surface area contributed by atoms with E-state index in [2.05, 4.69) is 44.6 Å². The van der Waals surface area contributed by atoms with Crippen molar-refractivity contribution in [1.82, 2.24) is 19.6 Å². The second-order valence-electron chi connectivity index (χ2n) is 6.50. The largest absolute Gasteiger partial charge is 0.380 e. The van der Waals surface area contributed by atoms with Gasteiger partial charge in [-0.15, -0.1) is 11.3 Å². The smallest absolute Gasteiger partial charge is 0.183 e. The Kier molecular flexibility index (Phi) is 4.71. The molecule has 0 radical (unpaired) electrons. The highest BCUT2D eigenvalue weighted by atomic mass is 35.5. The molecule has 0 saturated carbocycles. The molecular formula is C22H16ClN5S. The third-order valence-corrected chi connectivity index (χ3v) is 5.75. The zero-order valence-corrected chi connectivity index (χ0v) is 16.9. The number of hydrogen-bond donors (Lipinski definition) is 1. The van der Waals surface area contributed by atoms with Crippen LogP contribution < -0.4 is 5.32 Å². The zero-order chi connectivity index (χ0) is 19.6. The summed E-state index contributed by atoms with van der Waals surface area (Å²) >= 11 is 7.39. The second-order valence-corrected chi connectivity index (χ2v) is 8.20. The standard InChI is InChI=1S/C22H16ClN5S/c23-22-26-13-18(29-22)12-25-17-8-4-7-16(11-17)20-9-10-24-21-19(14-27-28(20)21)15-5-2-1-3-6-15/h1-11,13-14,25H,12H2. The quantitative estimate of drug-likeness (QED) is 0.393. The number of thiazole rings is 1. The SMILES string of the molecule is Clc1ncc(CNc2cccc(-c3ccnc4c(-c5ccccc5)cnn34)c2)s1. The van der Waals surface area contributed by atoms with Gasteiger partial charge < -0.3 is 5.32 Å². The molecule has 29 heavy (non-hydrogen) atoms. The number of nitrogens with zero attached hydrogens (tertiary/aromatic N) is 4. The molecule has 0 spiro atoms. The fraction of sp³-hybridized carbons (Fsp3) is 0.0455. The molecule has 0 aliphatic carbocycles. The van der Waals surface area contributed by atoms with Gasteiger partial charge in [0.05, 0.1) is 18.4 Å². The van der Waals surface area contributed by atoms with E-state index in [0.29, 0.717) is 11.0 Å². The Bertz CT molecular complexity index is 1280. The molecule has 5 rings (SSSR count). The number of benzene rings is 2. The highest BCUT2D eigenvalue weighted by Gasteiger charge is 2.12. The van der Waals surface area contributed by atoms with Crippen LogP contribution in [0.2, 0.25) is 4.47 Å². The van der Waals surface area contributed by atoms with E-state index in [9.17, 15) is 0 Å². The molecule has 0 aliphatic rings. The summed E-state index contributed by atoms with van der Waals surface area (Å²) in [5, 5.41) is 8.04. The molecule has 3 aromatic heterocycles. The molecule has 1 N–H and O–H groups in total. The summed E-state index contributed by atoms with van der Waals surface area (Å²) in [6, 6.07) is 20.4. The average Bonchev–Trinajstić information content (AvgIpc) is 3.39. The predicted molar refractivity (Wildman–Crippen MR) is 118 cm³/mol. The highest BCUT2D eigenvalue weighted by Crippen LogP contribution is 2.28. The Balaban J connectivity index is 1.49. The topological polar surface area (TPSA) is 55.1 Å². The molecule has 5 aromatic rings. The molecular weight excluding hydrogens is 402 g/mol. The third-order valence-electron chi connectivity index (χ3n) is 4.64. The van der Waals surface area contributed by atoms with E-state index in [-0.39, 0.29) is 0 Å². The van der Waals surface area contributed by atoms with Gasteiger partial charge in [-0.1, -0.05) is 54.1 Å². The van der Waals surface area contributed by atoms with E-state index in [1.54, 1.807) is 6.20 Å². The first-order valence-corrected chi connectivity index (χ1v) is 10.3. The minimum Gasteiger partial charge on any atom is -0.380 e. The number of hydrogen-bond acceptors (Lipinski definition) is 5. The number of nitrogens with one attached hydrogen (secondary N) is 1. The van der Waals surface area contributed by atoms with Gasteiger partial charge in [-0.2, -0.15) is 5.10 Å². The van der Waals surface area contributed by atoms with Crippen molar-refractivity contribution in [2.24, 2.45) is 0 Å². The fourth-order valence-corrected chi connectivity index (χ4v) is 4.19. The summed E-state index contributed by atoms with van der Waals surface area (Å²) in [6.45, 7) is 0.680. The number of rotatable bonds is 5. The van der Waals surface area contributed by atoms with Gasteiger partial charge in [0.2, 0.25) is 0 Å². The summed E-state index contributed by atoms with van der Waals surface area (Å²) in [4.78, 5) is 9.74. The van der Waals surface area contributed by atoms with Crippen molar-refractivity contribution < 1.29 is 0 Å². The van der Waals surface area contributed by atoms with Crippen molar-refractivity contribution in [3.8, 4) is 22.4 Å². The molecule has 3 heterocycles. The second kappa shape index (κ2) is 7.66. The first-order valence-electron chi connectivity index (χ1n) is 9.10. The summed E-state index contributed by atoms with van der Waals surface area (Å²) < 4.78 is 2.45. The Labute approximate surface area is 176 Å². The maximum atomic E-state index is 5.91. The highest BCUT2D eigenvalue weighted by molar-refractivity contribution is 7.15. The molecule has 2 aromatic carbocycles. The Morgan fingerprint density at radius 3 is 2.62 bits per heavy atom. The van der Waals surface area contributed by atoms with E-state index in [1.165, 1.54) is 11.3 Å². The third kappa shape index (κ3) is 3.60. The van der Waals surface area contributed by atoms with Gasteiger partial charge in [0, 0.05) is 34.1 Å². The molecule has 142 valence electrons. The van der Waals surface area contributed by atoms with Gasteiger partial charge in [0.1, 0.15) is 0 Å². The van der Waals surface area contributed by atoms with Crippen LogP contribution in [0.25, 0.3) is 28.0 Å². The molecule has 0 unspecified atom stereocenters. The van der Waals surface area contributed by atoms with E-state index in [4.69, 9.17) is 11.6 Å². The number of aromatic nitrogens is 4. The Morgan fingerprint density at radius 2 is 1.79 bits per heavy atom. The molecule has 0 aliphatic heterocycles. The molecule has 0 fully saturated rings. The average molecular weight is 418 g/mol. The monoisotopic (exact) mass is 417 g/mol. The first kappa shape index (κ1) is 17.8. The van der Waals surface area contributed by atoms with Crippen molar-refractivity contribution in [2.45, 2.75) is 6.54 Å². The van der Waals surface area contributed by atoms with Crippen LogP contribution >= 0.6 is 22.9 Å². The minimum atomic E-state index is 0.558. The van der Waals surface area contributed by atoms with Gasteiger partial charge in [0.15, 0.2) is 10.1 Å². The van der Waals surface area contributed by atoms with Gasteiger partial charge in [-0.3, -0.25) is 0 Å². The summed E-state index contributed by atoms with van der Waals surface area (Å²) in [6.07, 6.45) is 5.50. The van der Waals surface area contributed by atoms with Crippen molar-refractivity contribution in [2.75, 3.05) is 5.32 Å². The van der Waals surface area contributed by atoms with Crippen LogP contribution in [-0.2, 0) is 6.54 Å². The van der Waals surface area contributed by atoms with E-state index < -0.39 is 0 Å². The molecule has 5 nitrogen and oxygen atoms in total. The molecule has 0 atom stereocenters. The maximum Gasteiger partial charge on any atom is 0.183 e. The lowest BCUT2D eigenvalue weighted by molar-refractivity contribution is 0.948. The van der Waals surface area contributed by atoms with Gasteiger partial charge in [-0.05, 0) is 23.8 Å². The van der Waals surface area contributed by atoms with Crippen LogP contribution in [0.1, 0.15) is 4.88 Å². The molecule has 0 bridgehead atoms. The number of halogens is 1. The molecule has 0 saturated heterocycles. The lowest BCUT2D eigenvalue weighted by Gasteiger charge is -2.09. The zero-order valence-electron chi connectivity index (χ0n) is 15.3. The molecule has 0 amide bonds. The normalized spacial score (nSPS) is 11.1. The van der Waals surface area contributed by atoms with Crippen LogP contribution in [0.5, 0.6) is 0 Å². The summed E-state index contributed by atoms with van der Waals surface area (Å²) in [5.74, 6) is 0. The summed E-state index contributed by atoms with van der Waals surface area (Å²) in [7, 11) is 0. The number of anilines is 1. The van der Waals surface area contributed by atoms with Gasteiger partial charge in [0.25, 0.3) is 0 Å². The summed E-state index contributed by atoms with van der Waals surface area (Å²) in [5.41, 5.74) is 6.03. The van der Waals surface area contributed by atoms with Crippen LogP contribution in [0.4, 0.5) is 5.69 Å². The van der Waals surface area contributed by atoms with E-state index >= 15 is 0 Å². The van der Waals surface area contributed by atoms with E-state index in [0.717, 1.165) is 38.6 Å².